The number of hydrogen-bond donors (Lipinski definition) is 2. The van der Waals surface area contributed by atoms with E-state index in [0.717, 1.165) is 11.1 Å². The van der Waals surface area contributed by atoms with E-state index in [1.54, 1.807) is 25.1 Å². The molecule has 0 fully saturated rings. The largest absolute Gasteiger partial charge is 0.399 e. The van der Waals surface area contributed by atoms with Crippen molar-refractivity contribution in [2.24, 2.45) is 0 Å². The van der Waals surface area contributed by atoms with Crippen LogP contribution < -0.4 is 11.1 Å². The van der Waals surface area contributed by atoms with Gasteiger partial charge in [0.2, 0.25) is 0 Å². The molecule has 2 aromatic rings. The molecule has 3 N–H and O–H groups in total. The molecule has 0 aromatic heterocycles. The Balaban J connectivity index is 2.05. The van der Waals surface area contributed by atoms with Gasteiger partial charge in [0.15, 0.2) is 0 Å². The minimum absolute atomic E-state index is 0.283. The van der Waals surface area contributed by atoms with Crippen LogP contribution in [0, 0.1) is 12.7 Å². The Bertz CT molecular complexity index is 594. The van der Waals surface area contributed by atoms with Crippen molar-refractivity contribution in [3.8, 4) is 0 Å². The van der Waals surface area contributed by atoms with E-state index in [-0.39, 0.29) is 5.91 Å². The maximum atomic E-state index is 13.1. The lowest BCUT2D eigenvalue weighted by Gasteiger charge is -2.08. The molecule has 0 unspecified atom stereocenters. The molecule has 0 bridgehead atoms. The molecular formula is C15H15FN2O. The van der Waals surface area contributed by atoms with Crippen LogP contribution in [-0.4, -0.2) is 5.91 Å². The van der Waals surface area contributed by atoms with Crippen molar-refractivity contribution in [1.29, 1.82) is 0 Å². The van der Waals surface area contributed by atoms with Crippen LogP contribution in [0.4, 0.5) is 10.1 Å². The molecule has 0 radical (unpaired) electrons. The van der Waals surface area contributed by atoms with E-state index in [4.69, 9.17) is 5.73 Å². The summed E-state index contributed by atoms with van der Waals surface area (Å²) in [5, 5.41) is 2.76. The third kappa shape index (κ3) is 3.31. The summed E-state index contributed by atoms with van der Waals surface area (Å²) in [7, 11) is 0. The van der Waals surface area contributed by atoms with Crippen molar-refractivity contribution in [1.82, 2.24) is 5.32 Å². The molecule has 0 spiro atoms. The highest BCUT2D eigenvalue weighted by Crippen LogP contribution is 2.11. The molecule has 2 aromatic carbocycles. The molecule has 0 aliphatic carbocycles. The zero-order chi connectivity index (χ0) is 13.8. The number of rotatable bonds is 3. The van der Waals surface area contributed by atoms with Gasteiger partial charge in [-0.25, -0.2) is 4.39 Å². The van der Waals surface area contributed by atoms with Crippen LogP contribution in [0.25, 0.3) is 0 Å². The third-order valence-electron chi connectivity index (χ3n) is 2.88. The number of carbonyl (C=O) groups excluding carboxylic acids is 1. The molecule has 0 aliphatic heterocycles. The lowest BCUT2D eigenvalue weighted by molar-refractivity contribution is 0.0950. The van der Waals surface area contributed by atoms with Crippen LogP contribution in [0.15, 0.2) is 42.5 Å². The van der Waals surface area contributed by atoms with Gasteiger partial charge in [-0.15, -0.1) is 0 Å². The van der Waals surface area contributed by atoms with Gasteiger partial charge >= 0.3 is 0 Å². The summed E-state index contributed by atoms with van der Waals surface area (Å²) < 4.78 is 13.1. The van der Waals surface area contributed by atoms with Gasteiger partial charge in [-0.2, -0.15) is 0 Å². The van der Waals surface area contributed by atoms with E-state index < -0.39 is 5.82 Å². The van der Waals surface area contributed by atoms with Gasteiger partial charge < -0.3 is 11.1 Å². The van der Waals surface area contributed by atoms with Crippen molar-refractivity contribution in [3.05, 3.63) is 65.0 Å². The summed E-state index contributed by atoms with van der Waals surface area (Å²) in [6.07, 6.45) is 0. The first-order valence-corrected chi connectivity index (χ1v) is 5.95. The summed E-state index contributed by atoms with van der Waals surface area (Å²) in [5.41, 5.74) is 8.30. The average Bonchev–Trinajstić information content (AvgIpc) is 2.40. The number of benzene rings is 2. The fourth-order valence-electron chi connectivity index (χ4n) is 1.75. The van der Waals surface area contributed by atoms with Gasteiger partial charge in [0, 0.05) is 17.8 Å². The lowest BCUT2D eigenvalue weighted by Crippen LogP contribution is -2.23. The van der Waals surface area contributed by atoms with Crippen molar-refractivity contribution < 1.29 is 9.18 Å². The number of hydrogen-bond acceptors (Lipinski definition) is 2. The van der Waals surface area contributed by atoms with E-state index in [2.05, 4.69) is 5.32 Å². The normalized spacial score (nSPS) is 10.2. The highest BCUT2D eigenvalue weighted by atomic mass is 19.1. The summed E-state index contributed by atoms with van der Waals surface area (Å²) >= 11 is 0. The molecule has 19 heavy (non-hydrogen) atoms. The Morgan fingerprint density at radius 1 is 1.21 bits per heavy atom. The molecule has 98 valence electrons. The highest BCUT2D eigenvalue weighted by molar-refractivity contribution is 5.95. The standard InChI is InChI=1S/C15H15FN2O/c1-10-2-5-12(16)8-14(10)15(19)18-9-11-3-6-13(17)7-4-11/h2-8H,9,17H2,1H3,(H,18,19). The van der Waals surface area contributed by atoms with E-state index in [9.17, 15) is 9.18 Å². The Kier molecular flexibility index (Phi) is 3.80. The van der Waals surface area contributed by atoms with Gasteiger partial charge in [0.05, 0.1) is 0 Å². The van der Waals surface area contributed by atoms with Crippen molar-refractivity contribution in [2.45, 2.75) is 13.5 Å². The zero-order valence-corrected chi connectivity index (χ0v) is 10.6. The third-order valence-corrected chi connectivity index (χ3v) is 2.88. The number of amides is 1. The van der Waals surface area contributed by atoms with Crippen molar-refractivity contribution >= 4 is 11.6 Å². The quantitative estimate of drug-likeness (QED) is 0.831. The van der Waals surface area contributed by atoms with E-state index in [1.807, 2.05) is 12.1 Å². The molecule has 0 heterocycles. The SMILES string of the molecule is Cc1ccc(F)cc1C(=O)NCc1ccc(N)cc1. The first kappa shape index (κ1) is 13.1. The van der Waals surface area contributed by atoms with Gasteiger partial charge in [-0.1, -0.05) is 18.2 Å². The van der Waals surface area contributed by atoms with Gasteiger partial charge in [-0.05, 0) is 42.3 Å². The second-order valence-electron chi connectivity index (χ2n) is 4.38. The maximum Gasteiger partial charge on any atom is 0.251 e. The molecule has 3 nitrogen and oxygen atoms in total. The van der Waals surface area contributed by atoms with Crippen LogP contribution in [0.1, 0.15) is 21.5 Å². The Hall–Kier alpha value is -2.36. The Labute approximate surface area is 111 Å². The van der Waals surface area contributed by atoms with Gasteiger partial charge in [0.1, 0.15) is 5.82 Å². The first-order valence-electron chi connectivity index (χ1n) is 5.95. The molecule has 0 saturated heterocycles. The van der Waals surface area contributed by atoms with Gasteiger partial charge in [0.25, 0.3) is 5.91 Å². The lowest BCUT2D eigenvalue weighted by atomic mass is 10.1. The molecule has 0 atom stereocenters. The summed E-state index contributed by atoms with van der Waals surface area (Å²) in [6.45, 7) is 2.16. The predicted molar refractivity (Wildman–Crippen MR) is 73.2 cm³/mol. The number of anilines is 1. The summed E-state index contributed by atoms with van der Waals surface area (Å²) in [4.78, 5) is 12.0. The number of halogens is 1. The monoisotopic (exact) mass is 258 g/mol. The van der Waals surface area contributed by atoms with E-state index in [1.165, 1.54) is 12.1 Å². The first-order chi connectivity index (χ1) is 9.06. The minimum atomic E-state index is -0.414. The number of aryl methyl sites for hydroxylation is 1. The maximum absolute atomic E-state index is 13.1. The fraction of sp³-hybridized carbons (Fsp3) is 0.133. The summed E-state index contributed by atoms with van der Waals surface area (Å²) in [6, 6.07) is 11.4. The second kappa shape index (κ2) is 5.52. The molecule has 1 amide bonds. The van der Waals surface area contributed by atoms with E-state index >= 15 is 0 Å². The average molecular weight is 258 g/mol. The van der Waals surface area contributed by atoms with Gasteiger partial charge in [-0.3, -0.25) is 4.79 Å². The minimum Gasteiger partial charge on any atom is -0.399 e. The van der Waals surface area contributed by atoms with Crippen LogP contribution in [0.5, 0.6) is 0 Å². The predicted octanol–water partition coefficient (Wildman–Crippen LogP) is 2.65. The number of nitrogen functional groups attached to an aromatic ring is 1. The molecule has 2 rings (SSSR count). The van der Waals surface area contributed by atoms with E-state index in [0.29, 0.717) is 17.8 Å². The van der Waals surface area contributed by atoms with Crippen LogP contribution in [0.2, 0.25) is 0 Å². The Morgan fingerprint density at radius 3 is 2.58 bits per heavy atom. The van der Waals surface area contributed by atoms with Crippen LogP contribution in [0.3, 0.4) is 0 Å². The number of carbonyl (C=O) groups is 1. The topological polar surface area (TPSA) is 55.1 Å². The fourth-order valence-corrected chi connectivity index (χ4v) is 1.75. The molecule has 4 heteroatoms. The molecular weight excluding hydrogens is 243 g/mol. The second-order valence-corrected chi connectivity index (χ2v) is 4.38. The number of nitrogens with one attached hydrogen (secondary N) is 1. The smallest absolute Gasteiger partial charge is 0.251 e. The zero-order valence-electron chi connectivity index (χ0n) is 10.6. The van der Waals surface area contributed by atoms with Crippen LogP contribution >= 0.6 is 0 Å². The highest BCUT2D eigenvalue weighted by Gasteiger charge is 2.09. The summed E-state index contributed by atoms with van der Waals surface area (Å²) in [5.74, 6) is -0.697. The van der Waals surface area contributed by atoms with Crippen molar-refractivity contribution in [3.63, 3.8) is 0 Å². The number of nitrogens with two attached hydrogens (primary N) is 1. The van der Waals surface area contributed by atoms with Crippen LogP contribution in [-0.2, 0) is 6.54 Å². The van der Waals surface area contributed by atoms with Crippen molar-refractivity contribution in [2.75, 3.05) is 5.73 Å². The Morgan fingerprint density at radius 2 is 1.89 bits per heavy atom. The molecule has 0 aliphatic rings. The molecule has 0 saturated carbocycles.